The van der Waals surface area contributed by atoms with Crippen molar-refractivity contribution in [2.24, 2.45) is 0 Å². The molecule has 156 valence electrons. The molecule has 1 saturated carbocycles. The zero-order valence-electron chi connectivity index (χ0n) is 17.0. The number of carbonyl (C=O) groups is 2. The standard InChI is InChI=1S/C20H30N2O5S/c1-5-22(6-2)28(25,26)18-13-16(12-11-14(18)3)20(24)27-15(4)19(23)21-17-9-7-8-10-17/h11-13,15,17H,5-10H2,1-4H3,(H,21,23)/t15-/m0/s1. The van der Waals surface area contributed by atoms with Crippen LogP contribution in [-0.4, -0.2) is 49.8 Å². The first-order valence-corrected chi connectivity index (χ1v) is 11.3. The summed E-state index contributed by atoms with van der Waals surface area (Å²) in [5.74, 6) is -1.05. The number of hydrogen-bond donors (Lipinski definition) is 1. The zero-order valence-corrected chi connectivity index (χ0v) is 17.8. The average Bonchev–Trinajstić information content (AvgIpc) is 3.15. The van der Waals surface area contributed by atoms with Crippen molar-refractivity contribution in [1.29, 1.82) is 0 Å². The highest BCUT2D eigenvalue weighted by molar-refractivity contribution is 7.89. The first-order valence-electron chi connectivity index (χ1n) is 9.82. The summed E-state index contributed by atoms with van der Waals surface area (Å²) in [6, 6.07) is 4.56. The summed E-state index contributed by atoms with van der Waals surface area (Å²) in [6.07, 6.45) is 3.11. The number of rotatable bonds is 8. The maximum absolute atomic E-state index is 12.8. The number of amides is 1. The van der Waals surface area contributed by atoms with Crippen LogP contribution in [0.2, 0.25) is 0 Å². The Balaban J connectivity index is 2.14. The van der Waals surface area contributed by atoms with Gasteiger partial charge < -0.3 is 10.1 Å². The van der Waals surface area contributed by atoms with E-state index in [4.69, 9.17) is 4.74 Å². The second kappa shape index (κ2) is 9.52. The number of nitrogens with zero attached hydrogens (tertiary/aromatic N) is 1. The number of sulfonamides is 1. The van der Waals surface area contributed by atoms with Gasteiger partial charge in [0.15, 0.2) is 6.10 Å². The minimum Gasteiger partial charge on any atom is -0.449 e. The highest BCUT2D eigenvalue weighted by atomic mass is 32.2. The van der Waals surface area contributed by atoms with E-state index in [1.807, 2.05) is 0 Å². The van der Waals surface area contributed by atoms with Gasteiger partial charge in [-0.1, -0.05) is 32.8 Å². The fourth-order valence-electron chi connectivity index (χ4n) is 3.38. The molecule has 1 aliphatic rings. The molecular formula is C20H30N2O5S. The Labute approximate surface area is 167 Å². The summed E-state index contributed by atoms with van der Waals surface area (Å²) >= 11 is 0. The fourth-order valence-corrected chi connectivity index (χ4v) is 5.09. The molecule has 1 fully saturated rings. The molecule has 1 aromatic rings. The second-order valence-electron chi connectivity index (χ2n) is 7.11. The third kappa shape index (κ3) is 5.11. The van der Waals surface area contributed by atoms with Crippen molar-refractivity contribution in [3.63, 3.8) is 0 Å². The van der Waals surface area contributed by atoms with Gasteiger partial charge in [0.25, 0.3) is 5.91 Å². The van der Waals surface area contributed by atoms with Gasteiger partial charge in [-0.3, -0.25) is 4.79 Å². The molecule has 1 amide bonds. The van der Waals surface area contributed by atoms with E-state index in [-0.39, 0.29) is 22.4 Å². The van der Waals surface area contributed by atoms with Crippen LogP contribution >= 0.6 is 0 Å². The molecule has 0 heterocycles. The Hall–Kier alpha value is -1.93. The fraction of sp³-hybridized carbons (Fsp3) is 0.600. The molecule has 0 bridgehead atoms. The van der Waals surface area contributed by atoms with Crippen LogP contribution in [-0.2, 0) is 19.6 Å². The van der Waals surface area contributed by atoms with Crippen LogP contribution in [0.3, 0.4) is 0 Å². The molecule has 1 N–H and O–H groups in total. The van der Waals surface area contributed by atoms with Crippen LogP contribution in [0.1, 0.15) is 62.4 Å². The third-order valence-corrected chi connectivity index (χ3v) is 7.29. The van der Waals surface area contributed by atoms with Crippen LogP contribution in [0.4, 0.5) is 0 Å². The Morgan fingerprint density at radius 3 is 2.39 bits per heavy atom. The monoisotopic (exact) mass is 410 g/mol. The highest BCUT2D eigenvalue weighted by Gasteiger charge is 2.27. The number of ether oxygens (including phenoxy) is 1. The van der Waals surface area contributed by atoms with Gasteiger partial charge >= 0.3 is 5.97 Å². The van der Waals surface area contributed by atoms with E-state index in [1.165, 1.54) is 23.4 Å². The maximum atomic E-state index is 12.8. The molecule has 0 radical (unpaired) electrons. The molecule has 0 aliphatic heterocycles. The topological polar surface area (TPSA) is 92.8 Å². The number of carbonyl (C=O) groups excluding carboxylic acids is 2. The molecule has 28 heavy (non-hydrogen) atoms. The van der Waals surface area contributed by atoms with Crippen molar-refractivity contribution < 1.29 is 22.7 Å². The first kappa shape index (κ1) is 22.4. The largest absolute Gasteiger partial charge is 0.449 e. The molecule has 2 rings (SSSR count). The van der Waals surface area contributed by atoms with E-state index >= 15 is 0 Å². The van der Waals surface area contributed by atoms with Gasteiger partial charge in [0.2, 0.25) is 10.0 Å². The molecule has 0 aromatic heterocycles. The third-order valence-electron chi connectivity index (χ3n) is 5.10. The van der Waals surface area contributed by atoms with E-state index in [9.17, 15) is 18.0 Å². The zero-order chi connectivity index (χ0) is 20.9. The van der Waals surface area contributed by atoms with E-state index < -0.39 is 22.1 Å². The summed E-state index contributed by atoms with van der Waals surface area (Å²) in [5, 5.41) is 2.89. The van der Waals surface area contributed by atoms with E-state index in [1.54, 1.807) is 26.8 Å². The van der Waals surface area contributed by atoms with E-state index in [0.717, 1.165) is 25.7 Å². The minimum absolute atomic E-state index is 0.0775. The van der Waals surface area contributed by atoms with Crippen LogP contribution in [0.5, 0.6) is 0 Å². The SMILES string of the molecule is CCN(CC)S(=O)(=O)c1cc(C(=O)O[C@@H](C)C(=O)NC2CCCC2)ccc1C. The van der Waals surface area contributed by atoms with Crippen LogP contribution in [0.15, 0.2) is 23.1 Å². The quantitative estimate of drug-likeness (QED) is 0.665. The summed E-state index contributed by atoms with van der Waals surface area (Å²) in [4.78, 5) is 24.8. The summed E-state index contributed by atoms with van der Waals surface area (Å²) in [7, 11) is -3.70. The number of hydrogen-bond acceptors (Lipinski definition) is 5. The molecule has 1 aliphatic carbocycles. The van der Waals surface area contributed by atoms with E-state index in [2.05, 4.69) is 5.32 Å². The molecule has 8 heteroatoms. The number of esters is 1. The lowest BCUT2D eigenvalue weighted by atomic mass is 10.1. The van der Waals surface area contributed by atoms with Gasteiger partial charge in [-0.15, -0.1) is 0 Å². The Kier molecular flexibility index (Phi) is 7.60. The number of nitrogens with one attached hydrogen (secondary N) is 1. The van der Waals surface area contributed by atoms with Gasteiger partial charge in [-0.05, 0) is 44.4 Å². The van der Waals surface area contributed by atoms with Crippen molar-refractivity contribution in [3.8, 4) is 0 Å². The van der Waals surface area contributed by atoms with Crippen molar-refractivity contribution in [2.75, 3.05) is 13.1 Å². The van der Waals surface area contributed by atoms with Gasteiger partial charge in [0.05, 0.1) is 10.5 Å². The lowest BCUT2D eigenvalue weighted by molar-refractivity contribution is -0.129. The van der Waals surface area contributed by atoms with Crippen LogP contribution < -0.4 is 5.32 Å². The number of aryl methyl sites for hydroxylation is 1. The van der Waals surface area contributed by atoms with Crippen molar-refractivity contribution in [3.05, 3.63) is 29.3 Å². The van der Waals surface area contributed by atoms with Crippen LogP contribution in [0, 0.1) is 6.92 Å². The Bertz CT molecular complexity index is 812. The summed E-state index contributed by atoms with van der Waals surface area (Å²) < 4.78 is 32.3. The lowest BCUT2D eigenvalue weighted by Crippen LogP contribution is -2.40. The average molecular weight is 411 g/mol. The van der Waals surface area contributed by atoms with Gasteiger partial charge in [0.1, 0.15) is 0 Å². The van der Waals surface area contributed by atoms with Gasteiger partial charge in [0, 0.05) is 19.1 Å². The molecular weight excluding hydrogens is 380 g/mol. The Morgan fingerprint density at radius 1 is 1.21 bits per heavy atom. The molecule has 7 nitrogen and oxygen atoms in total. The summed E-state index contributed by atoms with van der Waals surface area (Å²) in [6.45, 7) is 7.40. The maximum Gasteiger partial charge on any atom is 0.338 e. The summed E-state index contributed by atoms with van der Waals surface area (Å²) in [5.41, 5.74) is 0.660. The lowest BCUT2D eigenvalue weighted by Gasteiger charge is -2.20. The predicted molar refractivity (Wildman–Crippen MR) is 107 cm³/mol. The van der Waals surface area contributed by atoms with E-state index in [0.29, 0.717) is 18.7 Å². The molecule has 0 spiro atoms. The smallest absolute Gasteiger partial charge is 0.338 e. The predicted octanol–water partition coefficient (Wildman–Crippen LogP) is 2.63. The van der Waals surface area contributed by atoms with Crippen molar-refractivity contribution >= 4 is 21.9 Å². The second-order valence-corrected chi connectivity index (χ2v) is 9.01. The van der Waals surface area contributed by atoms with Crippen molar-refractivity contribution in [2.45, 2.75) is 70.4 Å². The van der Waals surface area contributed by atoms with Gasteiger partial charge in [-0.2, -0.15) is 4.31 Å². The van der Waals surface area contributed by atoms with Crippen LogP contribution in [0.25, 0.3) is 0 Å². The first-order chi connectivity index (χ1) is 13.2. The normalized spacial score (nSPS) is 16.2. The molecule has 1 aromatic carbocycles. The molecule has 0 unspecified atom stereocenters. The molecule has 1 atom stereocenters. The van der Waals surface area contributed by atoms with Gasteiger partial charge in [-0.25, -0.2) is 13.2 Å². The minimum atomic E-state index is -3.70. The Morgan fingerprint density at radius 2 is 1.82 bits per heavy atom. The highest BCUT2D eigenvalue weighted by Crippen LogP contribution is 2.22. The molecule has 0 saturated heterocycles. The number of benzene rings is 1. The van der Waals surface area contributed by atoms with Crippen molar-refractivity contribution in [1.82, 2.24) is 9.62 Å².